The number of carbonyl (C=O) groups is 1. The van der Waals surface area contributed by atoms with Gasteiger partial charge in [-0.1, -0.05) is 19.1 Å². The van der Waals surface area contributed by atoms with Gasteiger partial charge >= 0.3 is 5.97 Å². The van der Waals surface area contributed by atoms with E-state index in [2.05, 4.69) is 0 Å². The van der Waals surface area contributed by atoms with Gasteiger partial charge < -0.3 is 14.2 Å². The van der Waals surface area contributed by atoms with Gasteiger partial charge in [-0.15, -0.1) is 0 Å². The lowest BCUT2D eigenvalue weighted by Crippen LogP contribution is -2.41. The van der Waals surface area contributed by atoms with Gasteiger partial charge in [0.1, 0.15) is 0 Å². The number of carbonyl (C=O) groups excluding carboxylic acids is 1. The van der Waals surface area contributed by atoms with Crippen LogP contribution in [0.2, 0.25) is 0 Å². The van der Waals surface area contributed by atoms with Crippen molar-refractivity contribution in [3.8, 4) is 11.5 Å². The number of nitrogens with zero attached hydrogens (tertiary/aromatic N) is 1. The number of ether oxygens (including phenoxy) is 3. The van der Waals surface area contributed by atoms with E-state index in [1.807, 2.05) is 39.0 Å². The molecule has 0 saturated carbocycles. The van der Waals surface area contributed by atoms with E-state index in [0.29, 0.717) is 31.1 Å². The van der Waals surface area contributed by atoms with Gasteiger partial charge in [-0.3, -0.25) is 4.79 Å². The lowest BCUT2D eigenvalue weighted by Gasteiger charge is -2.36. The molecule has 0 aliphatic carbocycles. The number of hydrogen-bond donors (Lipinski definition) is 0. The van der Waals surface area contributed by atoms with E-state index in [-0.39, 0.29) is 17.9 Å². The first-order valence-corrected chi connectivity index (χ1v) is 12.4. The number of aryl methyl sites for hydroxylation is 1. The maximum atomic E-state index is 13.6. The zero-order valence-electron chi connectivity index (χ0n) is 19.1. The fourth-order valence-corrected chi connectivity index (χ4v) is 5.60. The highest BCUT2D eigenvalue weighted by Crippen LogP contribution is 2.42. The molecule has 1 atom stereocenters. The van der Waals surface area contributed by atoms with E-state index in [1.165, 1.54) is 11.4 Å². The Morgan fingerprint density at radius 1 is 1.03 bits per heavy atom. The van der Waals surface area contributed by atoms with Gasteiger partial charge in [-0.2, -0.15) is 4.31 Å². The Bertz CT molecular complexity index is 1050. The molecular formula is C24H31NO6S. The summed E-state index contributed by atoms with van der Waals surface area (Å²) >= 11 is 0. The van der Waals surface area contributed by atoms with E-state index in [1.54, 1.807) is 18.2 Å². The van der Waals surface area contributed by atoms with Crippen molar-refractivity contribution in [2.75, 3.05) is 26.9 Å². The second-order valence-electron chi connectivity index (χ2n) is 7.52. The molecule has 0 bridgehead atoms. The number of rotatable bonds is 9. The summed E-state index contributed by atoms with van der Waals surface area (Å²) in [6.45, 7) is 6.96. The lowest BCUT2D eigenvalue weighted by atomic mass is 9.91. The van der Waals surface area contributed by atoms with Gasteiger partial charge in [-0.05, 0) is 67.6 Å². The summed E-state index contributed by atoms with van der Waals surface area (Å²) in [4.78, 5) is 12.5. The van der Waals surface area contributed by atoms with Crippen molar-refractivity contribution in [2.24, 2.45) is 0 Å². The Morgan fingerprint density at radius 2 is 1.66 bits per heavy atom. The van der Waals surface area contributed by atoms with Crippen molar-refractivity contribution in [1.29, 1.82) is 0 Å². The Kier molecular flexibility index (Phi) is 7.79. The van der Waals surface area contributed by atoms with Crippen LogP contribution in [0.15, 0.2) is 41.3 Å². The average Bonchev–Trinajstić information content (AvgIpc) is 2.80. The van der Waals surface area contributed by atoms with Crippen molar-refractivity contribution < 1.29 is 27.4 Å². The summed E-state index contributed by atoms with van der Waals surface area (Å²) in [5.74, 6) is 0.683. The molecule has 1 aliphatic rings. The second kappa shape index (κ2) is 10.4. The number of hydrogen-bond acceptors (Lipinski definition) is 6. The third-order valence-corrected chi connectivity index (χ3v) is 7.56. The summed E-state index contributed by atoms with van der Waals surface area (Å²) in [7, 11) is -2.52. The molecule has 2 aromatic carbocycles. The smallest absolute Gasteiger partial charge is 0.307 e. The molecule has 1 aliphatic heterocycles. The minimum atomic E-state index is -3.82. The third kappa shape index (κ3) is 4.91. The number of sulfonamides is 1. The zero-order chi connectivity index (χ0) is 23.3. The Labute approximate surface area is 190 Å². The van der Waals surface area contributed by atoms with Crippen LogP contribution in [-0.4, -0.2) is 45.6 Å². The highest BCUT2D eigenvalue weighted by atomic mass is 32.2. The predicted molar refractivity (Wildman–Crippen MR) is 122 cm³/mol. The first-order chi connectivity index (χ1) is 15.3. The maximum Gasteiger partial charge on any atom is 0.307 e. The average molecular weight is 462 g/mol. The Morgan fingerprint density at radius 3 is 2.22 bits per heavy atom. The SMILES string of the molecule is CCOc1cc2c(cc1OCC)[C@H](CC(=O)OC)N(S(=O)(=O)c1ccc(CC)cc1)CC2. The molecule has 0 radical (unpaired) electrons. The molecule has 0 N–H and O–H groups in total. The molecule has 174 valence electrons. The van der Waals surface area contributed by atoms with Crippen molar-refractivity contribution >= 4 is 16.0 Å². The highest BCUT2D eigenvalue weighted by molar-refractivity contribution is 7.89. The summed E-state index contributed by atoms with van der Waals surface area (Å²) in [5.41, 5.74) is 2.74. The van der Waals surface area contributed by atoms with E-state index in [9.17, 15) is 13.2 Å². The van der Waals surface area contributed by atoms with Crippen molar-refractivity contribution in [1.82, 2.24) is 4.31 Å². The van der Waals surface area contributed by atoms with Crippen LogP contribution in [-0.2, 0) is 32.4 Å². The number of fused-ring (bicyclic) bond motifs is 1. The molecule has 0 saturated heterocycles. The molecule has 32 heavy (non-hydrogen) atoms. The van der Waals surface area contributed by atoms with Crippen molar-refractivity contribution in [3.63, 3.8) is 0 Å². The molecule has 0 spiro atoms. The van der Waals surface area contributed by atoms with Gasteiger partial charge in [0.05, 0.1) is 37.7 Å². The van der Waals surface area contributed by atoms with E-state index in [0.717, 1.165) is 23.1 Å². The van der Waals surface area contributed by atoms with Crippen LogP contribution in [0.4, 0.5) is 0 Å². The van der Waals surface area contributed by atoms with Crippen LogP contribution in [0, 0.1) is 0 Å². The molecule has 7 nitrogen and oxygen atoms in total. The first kappa shape index (κ1) is 24.1. The first-order valence-electron chi connectivity index (χ1n) is 11.0. The molecule has 0 aromatic heterocycles. The van der Waals surface area contributed by atoms with Crippen LogP contribution in [0.3, 0.4) is 0 Å². The van der Waals surface area contributed by atoms with Gasteiger partial charge in [0, 0.05) is 6.54 Å². The minimum absolute atomic E-state index is 0.0880. The van der Waals surface area contributed by atoms with Crippen LogP contribution >= 0.6 is 0 Å². The van der Waals surface area contributed by atoms with Gasteiger partial charge in [0.25, 0.3) is 0 Å². The number of benzene rings is 2. The summed E-state index contributed by atoms with van der Waals surface area (Å²) in [6.07, 6.45) is 1.24. The summed E-state index contributed by atoms with van der Waals surface area (Å²) in [5, 5.41) is 0. The maximum absolute atomic E-state index is 13.6. The molecule has 8 heteroatoms. The van der Waals surface area contributed by atoms with Crippen LogP contribution in [0.25, 0.3) is 0 Å². The van der Waals surface area contributed by atoms with Gasteiger partial charge in [0.15, 0.2) is 11.5 Å². The fourth-order valence-electron chi connectivity index (χ4n) is 4.00. The van der Waals surface area contributed by atoms with E-state index >= 15 is 0 Å². The Hall–Kier alpha value is -2.58. The Balaban J connectivity index is 2.08. The molecular weight excluding hydrogens is 430 g/mol. The second-order valence-corrected chi connectivity index (χ2v) is 9.41. The molecule has 1 heterocycles. The van der Waals surface area contributed by atoms with Crippen LogP contribution in [0.5, 0.6) is 11.5 Å². The van der Waals surface area contributed by atoms with Crippen molar-refractivity contribution in [3.05, 3.63) is 53.1 Å². The van der Waals surface area contributed by atoms with Crippen LogP contribution in [0.1, 0.15) is 49.9 Å². The zero-order valence-corrected chi connectivity index (χ0v) is 19.9. The summed E-state index contributed by atoms with van der Waals surface area (Å²) in [6, 6.07) is 9.90. The van der Waals surface area contributed by atoms with Crippen LogP contribution < -0.4 is 9.47 Å². The fraction of sp³-hybridized carbons (Fsp3) is 0.458. The van der Waals surface area contributed by atoms with Crippen molar-refractivity contribution in [2.45, 2.75) is 51.0 Å². The number of esters is 1. The summed E-state index contributed by atoms with van der Waals surface area (Å²) < 4.78 is 44.9. The topological polar surface area (TPSA) is 82.1 Å². The normalized spacial score (nSPS) is 16.3. The molecule has 3 rings (SSSR count). The minimum Gasteiger partial charge on any atom is -0.490 e. The molecule has 0 unspecified atom stereocenters. The standard InChI is InChI=1S/C24H31NO6S/c1-5-17-8-10-19(11-9-17)32(27,28)25-13-12-18-14-22(30-6-2)23(31-7-3)15-20(18)21(25)16-24(26)29-4/h8-11,14-15,21H,5-7,12-13,16H2,1-4H3/t21-/m0/s1. The van der Waals surface area contributed by atoms with Gasteiger partial charge in [-0.25, -0.2) is 8.42 Å². The molecule has 2 aromatic rings. The predicted octanol–water partition coefficient (Wildman–Crippen LogP) is 3.90. The molecule has 0 amide bonds. The largest absolute Gasteiger partial charge is 0.490 e. The highest BCUT2D eigenvalue weighted by Gasteiger charge is 2.38. The third-order valence-electron chi connectivity index (χ3n) is 5.64. The quantitative estimate of drug-likeness (QED) is 0.527. The monoisotopic (exact) mass is 461 g/mol. The lowest BCUT2D eigenvalue weighted by molar-refractivity contribution is -0.141. The number of methoxy groups -OCH3 is 1. The van der Waals surface area contributed by atoms with Gasteiger partial charge in [0.2, 0.25) is 10.0 Å². The van der Waals surface area contributed by atoms with E-state index < -0.39 is 22.0 Å². The molecule has 0 fully saturated rings. The van der Waals surface area contributed by atoms with E-state index in [4.69, 9.17) is 14.2 Å².